The Kier molecular flexibility index (Phi) is 6.91. The molecule has 5 heteroatoms. The number of carbonyl (C=O) groups is 2. The van der Waals surface area contributed by atoms with E-state index in [2.05, 4.69) is 4.74 Å². The number of esters is 1. The Morgan fingerprint density at radius 1 is 1.13 bits per heavy atom. The summed E-state index contributed by atoms with van der Waals surface area (Å²) in [5.41, 5.74) is 0. The van der Waals surface area contributed by atoms with Gasteiger partial charge in [-0.15, -0.1) is 0 Å². The minimum atomic E-state index is -0.289. The minimum Gasteiger partial charge on any atom is -0.484 e. The molecule has 0 aromatic heterocycles. The van der Waals surface area contributed by atoms with Gasteiger partial charge in [0, 0.05) is 12.6 Å². The second-order valence-corrected chi connectivity index (χ2v) is 5.81. The maximum absolute atomic E-state index is 12.6. The average molecular weight is 319 g/mol. The molecule has 0 aliphatic heterocycles. The van der Waals surface area contributed by atoms with Crippen LogP contribution in [0, 0.1) is 0 Å². The monoisotopic (exact) mass is 319 g/mol. The Bertz CT molecular complexity index is 497. The Labute approximate surface area is 137 Å². The van der Waals surface area contributed by atoms with Crippen LogP contribution in [0.5, 0.6) is 5.75 Å². The van der Waals surface area contributed by atoms with E-state index in [-0.39, 0.29) is 30.9 Å². The number of methoxy groups -OCH3 is 1. The van der Waals surface area contributed by atoms with Crippen LogP contribution >= 0.6 is 0 Å². The fraction of sp³-hybridized carbons (Fsp3) is 0.556. The van der Waals surface area contributed by atoms with Crippen molar-refractivity contribution in [3.05, 3.63) is 30.3 Å². The lowest BCUT2D eigenvalue weighted by atomic mass is 9.94. The van der Waals surface area contributed by atoms with E-state index < -0.39 is 0 Å². The van der Waals surface area contributed by atoms with Gasteiger partial charge >= 0.3 is 5.97 Å². The lowest BCUT2D eigenvalue weighted by molar-refractivity contribution is -0.143. The molecule has 0 heterocycles. The van der Waals surface area contributed by atoms with E-state index in [0.29, 0.717) is 12.3 Å². The molecular formula is C18H25NO4. The van der Waals surface area contributed by atoms with Crippen LogP contribution in [0.2, 0.25) is 0 Å². The number of amides is 1. The second-order valence-electron chi connectivity index (χ2n) is 5.81. The fourth-order valence-corrected chi connectivity index (χ4v) is 2.96. The summed E-state index contributed by atoms with van der Waals surface area (Å²) < 4.78 is 10.3. The van der Waals surface area contributed by atoms with Crippen LogP contribution in [0.15, 0.2) is 30.3 Å². The highest BCUT2D eigenvalue weighted by Crippen LogP contribution is 2.23. The van der Waals surface area contributed by atoms with Crippen LogP contribution in [0.25, 0.3) is 0 Å². The molecule has 1 fully saturated rings. The van der Waals surface area contributed by atoms with Crippen LogP contribution in [0.1, 0.15) is 38.5 Å². The van der Waals surface area contributed by atoms with Crippen molar-refractivity contribution < 1.29 is 19.1 Å². The molecule has 0 spiro atoms. The first-order chi connectivity index (χ1) is 11.2. The number of carbonyl (C=O) groups excluding carboxylic acids is 2. The molecule has 1 aliphatic rings. The molecule has 1 aromatic carbocycles. The summed E-state index contributed by atoms with van der Waals surface area (Å²) in [5.74, 6) is 0.324. The van der Waals surface area contributed by atoms with E-state index in [1.165, 1.54) is 13.5 Å². The quantitative estimate of drug-likeness (QED) is 0.725. The van der Waals surface area contributed by atoms with Gasteiger partial charge in [-0.3, -0.25) is 9.59 Å². The standard InChI is InChI=1S/C18H25NO4/c1-22-18(21)12-13-19(15-8-4-2-5-9-15)17(20)14-23-16-10-6-3-7-11-16/h3,6-7,10-11,15H,2,4-5,8-9,12-14H2,1H3. The first-order valence-corrected chi connectivity index (χ1v) is 8.25. The number of nitrogens with zero attached hydrogens (tertiary/aromatic N) is 1. The lowest BCUT2D eigenvalue weighted by Gasteiger charge is -2.34. The Balaban J connectivity index is 1.93. The van der Waals surface area contributed by atoms with Crippen molar-refractivity contribution in [2.45, 2.75) is 44.6 Å². The van der Waals surface area contributed by atoms with E-state index in [0.717, 1.165) is 25.7 Å². The predicted octanol–water partition coefficient (Wildman–Crippen LogP) is 2.79. The van der Waals surface area contributed by atoms with Crippen LogP contribution in [0.3, 0.4) is 0 Å². The third-order valence-electron chi connectivity index (χ3n) is 4.23. The van der Waals surface area contributed by atoms with Gasteiger partial charge in [-0.1, -0.05) is 37.5 Å². The SMILES string of the molecule is COC(=O)CCN(C(=O)COc1ccccc1)C1CCCCC1. The van der Waals surface area contributed by atoms with Crippen molar-refractivity contribution in [3.63, 3.8) is 0 Å². The van der Waals surface area contributed by atoms with Gasteiger partial charge in [-0.25, -0.2) is 0 Å². The van der Waals surface area contributed by atoms with Gasteiger partial charge in [0.05, 0.1) is 13.5 Å². The molecule has 0 unspecified atom stereocenters. The van der Waals surface area contributed by atoms with Crippen LogP contribution in [-0.4, -0.2) is 43.1 Å². The minimum absolute atomic E-state index is 0.00167. The number of benzene rings is 1. The smallest absolute Gasteiger partial charge is 0.307 e. The fourth-order valence-electron chi connectivity index (χ4n) is 2.96. The summed E-state index contributed by atoms with van der Waals surface area (Å²) >= 11 is 0. The highest BCUT2D eigenvalue weighted by molar-refractivity contribution is 5.79. The molecule has 0 N–H and O–H groups in total. The maximum atomic E-state index is 12.6. The summed E-state index contributed by atoms with van der Waals surface area (Å²) in [6, 6.07) is 9.50. The average Bonchev–Trinajstić information content (AvgIpc) is 2.61. The first kappa shape index (κ1) is 17.3. The zero-order valence-corrected chi connectivity index (χ0v) is 13.7. The third kappa shape index (κ3) is 5.58. The van der Waals surface area contributed by atoms with Crippen molar-refractivity contribution in [3.8, 4) is 5.75 Å². The summed E-state index contributed by atoms with van der Waals surface area (Å²) in [6.07, 6.45) is 5.70. The topological polar surface area (TPSA) is 55.8 Å². The molecule has 0 bridgehead atoms. The van der Waals surface area contributed by atoms with Crippen molar-refractivity contribution >= 4 is 11.9 Å². The highest BCUT2D eigenvalue weighted by atomic mass is 16.5. The van der Waals surface area contributed by atoms with E-state index >= 15 is 0 Å². The van der Waals surface area contributed by atoms with E-state index in [4.69, 9.17) is 4.74 Å². The Morgan fingerprint density at radius 3 is 2.48 bits per heavy atom. The molecule has 5 nitrogen and oxygen atoms in total. The van der Waals surface area contributed by atoms with Crippen molar-refractivity contribution in [1.82, 2.24) is 4.90 Å². The van der Waals surface area contributed by atoms with Gasteiger partial charge in [-0.2, -0.15) is 0 Å². The number of hydrogen-bond donors (Lipinski definition) is 0. The van der Waals surface area contributed by atoms with Gasteiger partial charge in [0.2, 0.25) is 0 Å². The van der Waals surface area contributed by atoms with Gasteiger partial charge in [0.25, 0.3) is 5.91 Å². The first-order valence-electron chi connectivity index (χ1n) is 8.25. The number of ether oxygens (including phenoxy) is 2. The molecule has 1 saturated carbocycles. The summed E-state index contributed by atoms with van der Waals surface area (Å²) in [7, 11) is 1.37. The van der Waals surface area contributed by atoms with Crippen molar-refractivity contribution in [2.75, 3.05) is 20.3 Å². The summed E-state index contributed by atoms with van der Waals surface area (Å²) in [6.45, 7) is 0.399. The Hall–Kier alpha value is -2.04. The van der Waals surface area contributed by atoms with Crippen LogP contribution in [-0.2, 0) is 14.3 Å². The van der Waals surface area contributed by atoms with Crippen molar-refractivity contribution in [1.29, 1.82) is 0 Å². The number of rotatable bonds is 7. The molecule has 126 valence electrons. The molecule has 1 aliphatic carbocycles. The van der Waals surface area contributed by atoms with E-state index in [1.807, 2.05) is 30.3 Å². The maximum Gasteiger partial charge on any atom is 0.307 e. The molecular weight excluding hydrogens is 294 g/mol. The predicted molar refractivity (Wildman–Crippen MR) is 87.2 cm³/mol. The van der Waals surface area contributed by atoms with Gasteiger partial charge in [-0.05, 0) is 25.0 Å². The second kappa shape index (κ2) is 9.18. The number of para-hydroxylation sites is 1. The molecule has 1 aromatic rings. The zero-order chi connectivity index (χ0) is 16.5. The highest BCUT2D eigenvalue weighted by Gasteiger charge is 2.26. The molecule has 0 radical (unpaired) electrons. The van der Waals surface area contributed by atoms with Gasteiger partial charge in [0.15, 0.2) is 6.61 Å². The van der Waals surface area contributed by atoms with Gasteiger partial charge < -0.3 is 14.4 Å². The molecule has 0 saturated heterocycles. The molecule has 2 rings (SSSR count). The normalized spacial score (nSPS) is 15.0. The largest absolute Gasteiger partial charge is 0.484 e. The summed E-state index contributed by atoms with van der Waals surface area (Å²) in [4.78, 5) is 25.8. The van der Waals surface area contributed by atoms with Crippen LogP contribution in [0.4, 0.5) is 0 Å². The van der Waals surface area contributed by atoms with Gasteiger partial charge in [0.1, 0.15) is 5.75 Å². The zero-order valence-electron chi connectivity index (χ0n) is 13.7. The van der Waals surface area contributed by atoms with Crippen molar-refractivity contribution in [2.24, 2.45) is 0 Å². The molecule has 1 amide bonds. The number of hydrogen-bond acceptors (Lipinski definition) is 4. The van der Waals surface area contributed by atoms with E-state index in [1.54, 1.807) is 4.90 Å². The van der Waals surface area contributed by atoms with Crippen LogP contribution < -0.4 is 4.74 Å². The summed E-state index contributed by atoms with van der Waals surface area (Å²) in [5, 5.41) is 0. The third-order valence-corrected chi connectivity index (χ3v) is 4.23. The molecule has 0 atom stereocenters. The van der Waals surface area contributed by atoms with E-state index in [9.17, 15) is 9.59 Å². The Morgan fingerprint density at radius 2 is 1.83 bits per heavy atom. The molecule has 23 heavy (non-hydrogen) atoms. The lowest BCUT2D eigenvalue weighted by Crippen LogP contribution is -2.44.